The van der Waals surface area contributed by atoms with Crippen LogP contribution >= 0.6 is 0 Å². The van der Waals surface area contributed by atoms with E-state index in [9.17, 15) is 9.59 Å². The molecule has 0 radical (unpaired) electrons. The van der Waals surface area contributed by atoms with E-state index < -0.39 is 0 Å². The van der Waals surface area contributed by atoms with Gasteiger partial charge in [0.05, 0.1) is 13.2 Å². The van der Waals surface area contributed by atoms with Crippen LogP contribution in [0.5, 0.6) is 0 Å². The summed E-state index contributed by atoms with van der Waals surface area (Å²) in [7, 11) is 1.42. The zero-order valence-corrected chi connectivity index (χ0v) is 14.7. The maximum Gasteiger partial charge on any atom is 0.305 e. The van der Waals surface area contributed by atoms with Crippen LogP contribution in [-0.2, 0) is 19.1 Å². The lowest BCUT2D eigenvalue weighted by Gasteiger charge is -2.00. The first kappa shape index (κ1) is 19.9. The number of hydrogen-bond donors (Lipinski definition) is 0. The number of ether oxygens (including phenoxy) is 2. The number of carbonyl (C=O) groups is 2. The molecule has 0 bridgehead atoms. The minimum atomic E-state index is -0.138. The molecule has 1 aliphatic rings. The first-order chi connectivity index (χ1) is 11.2. The number of epoxide rings is 1. The van der Waals surface area contributed by atoms with Crippen molar-refractivity contribution in [3.8, 4) is 0 Å². The maximum atomic E-state index is 11.8. The molecule has 0 aliphatic carbocycles. The lowest BCUT2D eigenvalue weighted by Crippen LogP contribution is -1.99. The Morgan fingerprint density at radius 3 is 2.39 bits per heavy atom. The summed E-state index contributed by atoms with van der Waals surface area (Å²) in [6.07, 6.45) is 15.0. The fraction of sp³-hybridized carbons (Fsp3) is 0.789. The number of esters is 1. The Kier molecular flexibility index (Phi) is 10.6. The van der Waals surface area contributed by atoms with Crippen molar-refractivity contribution in [2.75, 3.05) is 7.11 Å². The molecule has 1 rings (SSSR count). The van der Waals surface area contributed by atoms with E-state index in [1.807, 2.05) is 6.08 Å². The Balaban J connectivity index is 1.93. The van der Waals surface area contributed by atoms with E-state index in [4.69, 9.17) is 4.74 Å². The van der Waals surface area contributed by atoms with E-state index in [1.165, 1.54) is 26.4 Å². The highest BCUT2D eigenvalue weighted by Crippen LogP contribution is 2.28. The summed E-state index contributed by atoms with van der Waals surface area (Å²) in [6.45, 7) is 2.20. The number of methoxy groups -OCH3 is 1. The van der Waals surface area contributed by atoms with E-state index in [1.54, 1.807) is 6.08 Å². The van der Waals surface area contributed by atoms with Crippen LogP contribution in [0, 0.1) is 0 Å². The van der Waals surface area contributed by atoms with Gasteiger partial charge in [-0.15, -0.1) is 0 Å². The lowest BCUT2D eigenvalue weighted by atomic mass is 10.1. The van der Waals surface area contributed by atoms with E-state index in [-0.39, 0.29) is 17.9 Å². The normalized spacial score (nSPS) is 19.9. The fourth-order valence-electron chi connectivity index (χ4n) is 2.64. The van der Waals surface area contributed by atoms with Crippen molar-refractivity contribution < 1.29 is 19.1 Å². The molecule has 4 heteroatoms. The van der Waals surface area contributed by atoms with Crippen LogP contribution in [0.3, 0.4) is 0 Å². The largest absolute Gasteiger partial charge is 0.469 e. The van der Waals surface area contributed by atoms with Gasteiger partial charge in [0.15, 0.2) is 5.78 Å². The summed E-state index contributed by atoms with van der Waals surface area (Å²) in [5.74, 6) is 0.0583. The topological polar surface area (TPSA) is 55.9 Å². The summed E-state index contributed by atoms with van der Waals surface area (Å²) in [5, 5.41) is 0. The van der Waals surface area contributed by atoms with Gasteiger partial charge in [0.2, 0.25) is 0 Å². The number of carbonyl (C=O) groups excluding carboxylic acids is 2. The van der Waals surface area contributed by atoms with Crippen molar-refractivity contribution in [3.63, 3.8) is 0 Å². The Morgan fingerprint density at radius 1 is 1.00 bits per heavy atom. The second-order valence-corrected chi connectivity index (χ2v) is 6.30. The van der Waals surface area contributed by atoms with Gasteiger partial charge in [-0.1, -0.05) is 45.4 Å². The van der Waals surface area contributed by atoms with Crippen molar-refractivity contribution in [1.82, 2.24) is 0 Å². The lowest BCUT2D eigenvalue weighted by molar-refractivity contribution is -0.140. The molecule has 1 saturated heterocycles. The first-order valence-electron chi connectivity index (χ1n) is 9.10. The molecule has 1 aliphatic heterocycles. The molecular formula is C19H32O4. The number of rotatable bonds is 14. The van der Waals surface area contributed by atoms with E-state index in [0.29, 0.717) is 18.9 Å². The van der Waals surface area contributed by atoms with Crippen molar-refractivity contribution in [1.29, 1.82) is 0 Å². The third kappa shape index (κ3) is 10.3. The number of unbranched alkanes of at least 4 members (excludes halogenated alkanes) is 6. The van der Waals surface area contributed by atoms with Gasteiger partial charge in [0.25, 0.3) is 0 Å². The highest BCUT2D eigenvalue weighted by Gasteiger charge is 2.35. The van der Waals surface area contributed by atoms with Gasteiger partial charge < -0.3 is 9.47 Å². The molecule has 1 fully saturated rings. The summed E-state index contributed by atoms with van der Waals surface area (Å²) >= 11 is 0. The van der Waals surface area contributed by atoms with Gasteiger partial charge in [-0.05, 0) is 31.4 Å². The van der Waals surface area contributed by atoms with Crippen LogP contribution in [0.25, 0.3) is 0 Å². The van der Waals surface area contributed by atoms with Crippen molar-refractivity contribution in [2.24, 2.45) is 0 Å². The molecule has 1 heterocycles. The van der Waals surface area contributed by atoms with Crippen LogP contribution in [-0.4, -0.2) is 31.1 Å². The number of hydrogen-bond acceptors (Lipinski definition) is 4. The maximum absolute atomic E-state index is 11.8. The predicted molar refractivity (Wildman–Crippen MR) is 91.3 cm³/mol. The van der Waals surface area contributed by atoms with Crippen LogP contribution in [0.4, 0.5) is 0 Å². The van der Waals surface area contributed by atoms with Crippen LogP contribution in [0.1, 0.15) is 77.6 Å². The average molecular weight is 324 g/mol. The van der Waals surface area contributed by atoms with Gasteiger partial charge in [0, 0.05) is 12.8 Å². The van der Waals surface area contributed by atoms with Crippen LogP contribution < -0.4 is 0 Å². The Morgan fingerprint density at radius 2 is 1.70 bits per heavy atom. The summed E-state index contributed by atoms with van der Waals surface area (Å²) < 4.78 is 10.1. The molecule has 4 nitrogen and oxygen atoms in total. The third-order valence-corrected chi connectivity index (χ3v) is 4.22. The quantitative estimate of drug-likeness (QED) is 0.206. The van der Waals surface area contributed by atoms with Crippen molar-refractivity contribution >= 4 is 11.8 Å². The minimum Gasteiger partial charge on any atom is -0.469 e. The van der Waals surface area contributed by atoms with Crippen LogP contribution in [0.2, 0.25) is 0 Å². The molecule has 0 saturated carbocycles. The Labute approximate surface area is 140 Å². The number of ketones is 1. The molecule has 0 unspecified atom stereocenters. The Bertz CT molecular complexity index is 376. The zero-order valence-electron chi connectivity index (χ0n) is 14.7. The third-order valence-electron chi connectivity index (χ3n) is 4.22. The molecule has 132 valence electrons. The Hall–Kier alpha value is -1.16. The van der Waals surface area contributed by atoms with Gasteiger partial charge in [0.1, 0.15) is 6.10 Å². The first-order valence-corrected chi connectivity index (χ1v) is 9.10. The molecule has 2 atom stereocenters. The predicted octanol–water partition coefficient (Wildman–Crippen LogP) is 4.36. The SMILES string of the molecule is CCCCC[C@H]1O[C@H]1/C=C/C(=O)CCCCCCCC(=O)OC. The number of allylic oxidation sites excluding steroid dienone is 1. The van der Waals surface area contributed by atoms with E-state index in [2.05, 4.69) is 11.7 Å². The van der Waals surface area contributed by atoms with Gasteiger partial charge in [-0.25, -0.2) is 0 Å². The van der Waals surface area contributed by atoms with E-state index in [0.717, 1.165) is 38.5 Å². The second-order valence-electron chi connectivity index (χ2n) is 6.30. The molecular weight excluding hydrogens is 292 g/mol. The molecule has 0 aromatic heterocycles. The second kappa shape index (κ2) is 12.3. The molecule has 0 spiro atoms. The monoisotopic (exact) mass is 324 g/mol. The smallest absolute Gasteiger partial charge is 0.305 e. The van der Waals surface area contributed by atoms with Crippen molar-refractivity contribution in [3.05, 3.63) is 12.2 Å². The zero-order chi connectivity index (χ0) is 16.9. The molecule has 0 N–H and O–H groups in total. The molecule has 0 amide bonds. The molecule has 23 heavy (non-hydrogen) atoms. The van der Waals surface area contributed by atoms with Gasteiger partial charge >= 0.3 is 5.97 Å². The van der Waals surface area contributed by atoms with Gasteiger partial charge in [-0.2, -0.15) is 0 Å². The summed E-state index contributed by atoms with van der Waals surface area (Å²) in [4.78, 5) is 22.7. The average Bonchev–Trinajstić information content (AvgIpc) is 3.30. The summed E-state index contributed by atoms with van der Waals surface area (Å²) in [5.41, 5.74) is 0. The highest BCUT2D eigenvalue weighted by atomic mass is 16.6. The highest BCUT2D eigenvalue weighted by molar-refractivity contribution is 5.89. The van der Waals surface area contributed by atoms with Crippen LogP contribution in [0.15, 0.2) is 12.2 Å². The van der Waals surface area contributed by atoms with Crippen molar-refractivity contribution in [2.45, 2.75) is 89.8 Å². The fourth-order valence-corrected chi connectivity index (χ4v) is 2.64. The van der Waals surface area contributed by atoms with Gasteiger partial charge in [-0.3, -0.25) is 9.59 Å². The summed E-state index contributed by atoms with van der Waals surface area (Å²) in [6, 6.07) is 0. The standard InChI is InChI=1S/C19H32O4/c1-3-4-8-12-17-18(23-17)15-14-16(20)11-9-6-5-7-10-13-19(21)22-2/h14-15,17-18H,3-13H2,1-2H3/b15-14+/t17-,18+/m1/s1. The molecule has 0 aromatic carbocycles. The molecule has 0 aromatic rings. The van der Waals surface area contributed by atoms with E-state index >= 15 is 0 Å². The minimum absolute atomic E-state index is 0.138.